The lowest BCUT2D eigenvalue weighted by Gasteiger charge is -2.22. The van der Waals surface area contributed by atoms with Gasteiger partial charge in [-0.05, 0) is 36.6 Å². The molecule has 2 aromatic rings. The number of hydrogen-bond donors (Lipinski definition) is 1. The number of benzene rings is 2. The summed E-state index contributed by atoms with van der Waals surface area (Å²) in [5, 5.41) is 4.04. The standard InChI is InChI=1S/C23H28N2O3S/c1-17(25-14-21(28-23(25)26)11-18-5-3-2-4-6-18)15-27-20-9-7-19(8-10-20)12-22-13-24-16-29-22/h2-10,17,21-22,24H,11-16H2,1H3. The predicted octanol–water partition coefficient (Wildman–Crippen LogP) is 3.72. The molecule has 1 amide bonds. The van der Waals surface area contributed by atoms with Gasteiger partial charge < -0.3 is 14.8 Å². The van der Waals surface area contributed by atoms with Gasteiger partial charge in [0.2, 0.25) is 0 Å². The van der Waals surface area contributed by atoms with Crippen LogP contribution in [0.4, 0.5) is 4.79 Å². The van der Waals surface area contributed by atoms with Crippen molar-refractivity contribution in [2.24, 2.45) is 0 Å². The minimum atomic E-state index is -0.250. The number of nitrogens with zero attached hydrogens (tertiary/aromatic N) is 1. The molecular weight excluding hydrogens is 384 g/mol. The van der Waals surface area contributed by atoms with Crippen LogP contribution in [0.15, 0.2) is 54.6 Å². The molecule has 29 heavy (non-hydrogen) atoms. The van der Waals surface area contributed by atoms with E-state index in [0.717, 1.165) is 31.0 Å². The molecule has 0 aromatic heterocycles. The van der Waals surface area contributed by atoms with E-state index in [1.54, 1.807) is 4.90 Å². The van der Waals surface area contributed by atoms with Crippen LogP contribution in [0.25, 0.3) is 0 Å². The highest BCUT2D eigenvalue weighted by atomic mass is 32.2. The van der Waals surface area contributed by atoms with Gasteiger partial charge in [0.25, 0.3) is 0 Å². The summed E-state index contributed by atoms with van der Waals surface area (Å²) in [5.74, 6) is 1.89. The first kappa shape index (κ1) is 20.1. The average molecular weight is 413 g/mol. The van der Waals surface area contributed by atoms with Crippen LogP contribution in [0.5, 0.6) is 5.75 Å². The van der Waals surface area contributed by atoms with Crippen molar-refractivity contribution >= 4 is 17.9 Å². The lowest BCUT2D eigenvalue weighted by atomic mass is 10.1. The SMILES string of the molecule is CC(COc1ccc(CC2CNCS2)cc1)N1CC(Cc2ccccc2)OC1=O. The normalized spacial score (nSPS) is 22.5. The van der Waals surface area contributed by atoms with Crippen molar-refractivity contribution in [3.05, 3.63) is 65.7 Å². The van der Waals surface area contributed by atoms with E-state index in [-0.39, 0.29) is 18.2 Å². The van der Waals surface area contributed by atoms with Crippen molar-refractivity contribution in [2.75, 3.05) is 25.6 Å². The highest BCUT2D eigenvalue weighted by molar-refractivity contribution is 8.00. The van der Waals surface area contributed by atoms with E-state index < -0.39 is 0 Å². The van der Waals surface area contributed by atoms with Crippen LogP contribution >= 0.6 is 11.8 Å². The molecule has 2 heterocycles. The van der Waals surface area contributed by atoms with Gasteiger partial charge in [-0.3, -0.25) is 4.90 Å². The van der Waals surface area contributed by atoms with Gasteiger partial charge in [-0.1, -0.05) is 42.5 Å². The summed E-state index contributed by atoms with van der Waals surface area (Å²) in [6.07, 6.45) is 1.47. The van der Waals surface area contributed by atoms with Crippen LogP contribution < -0.4 is 10.1 Å². The summed E-state index contributed by atoms with van der Waals surface area (Å²) in [4.78, 5) is 14.0. The third-order valence-corrected chi connectivity index (χ3v) is 6.59. The zero-order valence-corrected chi connectivity index (χ0v) is 17.6. The van der Waals surface area contributed by atoms with Gasteiger partial charge in [0.15, 0.2) is 0 Å². The Bertz CT molecular complexity index is 794. The molecule has 0 saturated carbocycles. The second-order valence-corrected chi connectivity index (χ2v) is 9.03. The van der Waals surface area contributed by atoms with Crippen molar-refractivity contribution in [1.29, 1.82) is 0 Å². The Morgan fingerprint density at radius 2 is 1.90 bits per heavy atom. The zero-order chi connectivity index (χ0) is 20.1. The maximum atomic E-state index is 12.3. The van der Waals surface area contributed by atoms with E-state index >= 15 is 0 Å². The summed E-state index contributed by atoms with van der Waals surface area (Å²) in [6, 6.07) is 18.4. The molecular formula is C23H28N2O3S. The van der Waals surface area contributed by atoms with Crippen molar-refractivity contribution in [3.8, 4) is 5.75 Å². The first-order valence-electron chi connectivity index (χ1n) is 10.2. The van der Waals surface area contributed by atoms with E-state index in [0.29, 0.717) is 18.4 Å². The first-order valence-corrected chi connectivity index (χ1v) is 11.3. The fourth-order valence-electron chi connectivity index (χ4n) is 3.76. The number of carbonyl (C=O) groups is 1. The summed E-state index contributed by atoms with van der Waals surface area (Å²) >= 11 is 1.98. The Hall–Kier alpha value is -2.18. The molecule has 2 aliphatic rings. The molecule has 154 valence electrons. The zero-order valence-electron chi connectivity index (χ0n) is 16.8. The predicted molar refractivity (Wildman–Crippen MR) is 116 cm³/mol. The molecule has 2 aliphatic heterocycles. The van der Waals surface area contributed by atoms with Crippen LogP contribution in [0, 0.1) is 0 Å². The molecule has 5 nitrogen and oxygen atoms in total. The average Bonchev–Trinajstić information content (AvgIpc) is 3.37. The number of thioether (sulfide) groups is 1. The van der Waals surface area contributed by atoms with Crippen molar-refractivity contribution in [1.82, 2.24) is 10.2 Å². The second-order valence-electron chi connectivity index (χ2n) is 7.74. The molecule has 3 unspecified atom stereocenters. The van der Waals surface area contributed by atoms with E-state index in [4.69, 9.17) is 9.47 Å². The quantitative estimate of drug-likeness (QED) is 0.716. The maximum Gasteiger partial charge on any atom is 0.410 e. The minimum absolute atomic E-state index is 0.0380. The number of cyclic esters (lactones) is 1. The Morgan fingerprint density at radius 1 is 1.14 bits per heavy atom. The van der Waals surface area contributed by atoms with Gasteiger partial charge in [0.05, 0.1) is 12.6 Å². The van der Waals surface area contributed by atoms with Gasteiger partial charge in [0, 0.05) is 24.1 Å². The van der Waals surface area contributed by atoms with Gasteiger partial charge in [-0.25, -0.2) is 4.79 Å². The van der Waals surface area contributed by atoms with Crippen molar-refractivity contribution < 1.29 is 14.3 Å². The Kier molecular flexibility index (Phi) is 6.62. The van der Waals surface area contributed by atoms with Crippen molar-refractivity contribution in [3.63, 3.8) is 0 Å². The topological polar surface area (TPSA) is 50.8 Å². The molecule has 0 aliphatic carbocycles. The number of ether oxygens (including phenoxy) is 2. The molecule has 1 N–H and O–H groups in total. The number of hydrogen-bond acceptors (Lipinski definition) is 5. The number of carbonyl (C=O) groups excluding carboxylic acids is 1. The summed E-state index contributed by atoms with van der Waals surface area (Å²) in [5.41, 5.74) is 2.52. The van der Waals surface area contributed by atoms with Crippen LogP contribution in [0.1, 0.15) is 18.1 Å². The van der Waals surface area contributed by atoms with E-state index in [1.807, 2.05) is 49.0 Å². The Labute approximate surface area is 176 Å². The van der Waals surface area contributed by atoms with Crippen LogP contribution in [-0.2, 0) is 17.6 Å². The molecule has 4 rings (SSSR count). The lowest BCUT2D eigenvalue weighted by Crippen LogP contribution is -2.38. The highest BCUT2D eigenvalue weighted by Gasteiger charge is 2.34. The molecule has 2 fully saturated rings. The van der Waals surface area contributed by atoms with Gasteiger partial charge in [-0.15, -0.1) is 11.8 Å². The number of nitrogens with one attached hydrogen (secondary N) is 1. The van der Waals surface area contributed by atoms with E-state index in [9.17, 15) is 4.79 Å². The van der Waals surface area contributed by atoms with E-state index in [1.165, 1.54) is 11.1 Å². The Balaban J connectivity index is 1.24. The van der Waals surface area contributed by atoms with Crippen molar-refractivity contribution in [2.45, 2.75) is 37.2 Å². The number of rotatable bonds is 8. The number of amides is 1. The molecule has 0 bridgehead atoms. The Morgan fingerprint density at radius 3 is 2.62 bits per heavy atom. The summed E-state index contributed by atoms with van der Waals surface area (Å²) < 4.78 is 11.5. The monoisotopic (exact) mass is 412 g/mol. The maximum absolute atomic E-state index is 12.3. The fraction of sp³-hybridized carbons (Fsp3) is 0.435. The summed E-state index contributed by atoms with van der Waals surface area (Å²) in [7, 11) is 0. The third-order valence-electron chi connectivity index (χ3n) is 5.41. The van der Waals surface area contributed by atoms with Crippen LogP contribution in [0.2, 0.25) is 0 Å². The van der Waals surface area contributed by atoms with Gasteiger partial charge >= 0.3 is 6.09 Å². The molecule has 3 atom stereocenters. The lowest BCUT2D eigenvalue weighted by molar-refractivity contribution is 0.122. The second kappa shape index (κ2) is 9.55. The largest absolute Gasteiger partial charge is 0.491 e. The van der Waals surface area contributed by atoms with Crippen LogP contribution in [0.3, 0.4) is 0 Å². The fourth-order valence-corrected chi connectivity index (χ4v) is 4.78. The molecule has 0 spiro atoms. The van der Waals surface area contributed by atoms with E-state index in [2.05, 4.69) is 29.6 Å². The highest BCUT2D eigenvalue weighted by Crippen LogP contribution is 2.22. The molecule has 2 aromatic carbocycles. The third kappa shape index (κ3) is 5.46. The summed E-state index contributed by atoms with van der Waals surface area (Å²) in [6.45, 7) is 4.14. The van der Waals surface area contributed by atoms with Gasteiger partial charge in [-0.2, -0.15) is 0 Å². The first-order chi connectivity index (χ1) is 14.2. The molecule has 6 heteroatoms. The van der Waals surface area contributed by atoms with Crippen LogP contribution in [-0.4, -0.2) is 54.0 Å². The molecule has 0 radical (unpaired) electrons. The van der Waals surface area contributed by atoms with Gasteiger partial charge in [0.1, 0.15) is 18.5 Å². The smallest absolute Gasteiger partial charge is 0.410 e. The minimum Gasteiger partial charge on any atom is -0.491 e. The molecule has 2 saturated heterocycles.